The molecule has 2 atom stereocenters. The minimum absolute atomic E-state index is 0. The summed E-state index contributed by atoms with van der Waals surface area (Å²) in [5.74, 6) is -0.606. The van der Waals surface area contributed by atoms with Crippen molar-refractivity contribution in [3.63, 3.8) is 0 Å². The van der Waals surface area contributed by atoms with E-state index in [1.165, 1.54) is 22.3 Å². The van der Waals surface area contributed by atoms with Crippen LogP contribution in [0.25, 0.3) is 0 Å². The number of rotatable bonds is 2. The van der Waals surface area contributed by atoms with Crippen LogP contribution >= 0.6 is 12.4 Å². The Labute approximate surface area is 167 Å². The molecule has 1 N–H and O–H groups in total. The Hall–Kier alpha value is -1.84. The van der Waals surface area contributed by atoms with Crippen LogP contribution in [0.3, 0.4) is 0 Å². The molecule has 0 amide bonds. The number of aryl methyl sites for hydroxylation is 2. The van der Waals surface area contributed by atoms with Crippen molar-refractivity contribution in [3.05, 3.63) is 70.8 Å². The lowest BCUT2D eigenvalue weighted by Crippen LogP contribution is -2.44. The van der Waals surface area contributed by atoms with E-state index in [-0.39, 0.29) is 12.4 Å². The number of fused-ring (bicyclic) bond motifs is 7. The van der Waals surface area contributed by atoms with Crippen LogP contribution in [0.5, 0.6) is 0 Å². The summed E-state index contributed by atoms with van der Waals surface area (Å²) in [6.07, 6.45) is 4.90. The van der Waals surface area contributed by atoms with Crippen molar-refractivity contribution >= 4 is 18.4 Å². The lowest BCUT2D eigenvalue weighted by atomic mass is 9.76. The normalized spacial score (nSPS) is 29.5. The first-order valence-electron chi connectivity index (χ1n) is 9.93. The zero-order valence-electron chi connectivity index (χ0n) is 15.8. The summed E-state index contributed by atoms with van der Waals surface area (Å²) in [6.45, 7) is 4.02. The van der Waals surface area contributed by atoms with Gasteiger partial charge in [0.1, 0.15) is 0 Å². The molecule has 1 aliphatic carbocycles. The Morgan fingerprint density at radius 1 is 1.00 bits per heavy atom. The van der Waals surface area contributed by atoms with Crippen LogP contribution in [-0.2, 0) is 23.2 Å². The third-order valence-corrected chi connectivity index (χ3v) is 7.62. The van der Waals surface area contributed by atoms with Gasteiger partial charge in [-0.1, -0.05) is 48.5 Å². The standard InChI is InChI=1S/C23H25NO2.ClH/c1-2-24-16-8-7-15-22(24,21(25)26)23(24)19-11-5-3-9-17(19)13-14-18-10-4-6-12-20(18)23;/h3-6,9-12H,2,7-8,13-16H2,1H3;1H/p+1/t22?,24-;/m0./s1. The van der Waals surface area contributed by atoms with E-state index in [0.717, 1.165) is 45.2 Å². The molecule has 0 bridgehead atoms. The van der Waals surface area contributed by atoms with Crippen molar-refractivity contribution in [3.8, 4) is 0 Å². The van der Waals surface area contributed by atoms with E-state index in [1.54, 1.807) is 0 Å². The smallest absolute Gasteiger partial charge is 0.373 e. The highest BCUT2D eigenvalue weighted by Crippen LogP contribution is 2.74. The minimum Gasteiger partial charge on any atom is -0.476 e. The molecule has 0 saturated carbocycles. The molecule has 2 aromatic carbocycles. The number of likely N-dealkylation sites (N-methyl/N-ethyl adjacent to an activating group) is 1. The van der Waals surface area contributed by atoms with Gasteiger partial charge in [0.15, 0.2) is 0 Å². The van der Waals surface area contributed by atoms with E-state index in [9.17, 15) is 9.90 Å². The molecule has 2 saturated heterocycles. The van der Waals surface area contributed by atoms with Crippen LogP contribution in [0, 0.1) is 0 Å². The average Bonchev–Trinajstić information content (AvgIpc) is 3.30. The predicted octanol–water partition coefficient (Wildman–Crippen LogP) is 4.31. The van der Waals surface area contributed by atoms with Gasteiger partial charge in [0.25, 0.3) is 5.54 Å². The average molecular weight is 385 g/mol. The maximum Gasteiger partial charge on any atom is 0.373 e. The molecule has 0 radical (unpaired) electrons. The van der Waals surface area contributed by atoms with Gasteiger partial charge in [0.05, 0.1) is 13.1 Å². The zero-order chi connectivity index (χ0) is 18.0. The fourth-order valence-electron chi connectivity index (χ4n) is 6.81. The molecule has 142 valence electrons. The number of carboxylic acid groups (broad SMARTS) is 1. The van der Waals surface area contributed by atoms with Crippen molar-refractivity contribution in [2.45, 2.75) is 50.1 Å². The number of halogens is 1. The maximum absolute atomic E-state index is 12.9. The molecule has 5 rings (SSSR count). The van der Waals surface area contributed by atoms with E-state index in [1.807, 2.05) is 0 Å². The number of carbonyl (C=O) groups is 1. The van der Waals surface area contributed by atoms with Crippen LogP contribution in [0.15, 0.2) is 48.5 Å². The van der Waals surface area contributed by atoms with Crippen LogP contribution in [0.1, 0.15) is 48.4 Å². The second-order valence-corrected chi connectivity index (χ2v) is 8.15. The zero-order valence-corrected chi connectivity index (χ0v) is 16.6. The molecular weight excluding hydrogens is 358 g/mol. The quantitative estimate of drug-likeness (QED) is 0.618. The van der Waals surface area contributed by atoms with Gasteiger partial charge in [0.2, 0.25) is 5.54 Å². The van der Waals surface area contributed by atoms with Crippen molar-refractivity contribution in [1.29, 1.82) is 0 Å². The molecule has 3 nitrogen and oxygen atoms in total. The Kier molecular flexibility index (Phi) is 4.17. The summed E-state index contributed by atoms with van der Waals surface area (Å²) in [6, 6.07) is 17.3. The molecule has 2 heterocycles. The van der Waals surface area contributed by atoms with Crippen LogP contribution in [0.4, 0.5) is 0 Å². The molecule has 2 aliphatic heterocycles. The summed E-state index contributed by atoms with van der Waals surface area (Å²) in [5, 5.41) is 10.6. The molecule has 2 aromatic rings. The van der Waals surface area contributed by atoms with Crippen molar-refractivity contribution in [2.75, 3.05) is 13.1 Å². The number of benzene rings is 2. The highest BCUT2D eigenvalue weighted by Gasteiger charge is 2.95. The van der Waals surface area contributed by atoms with E-state index >= 15 is 0 Å². The largest absolute Gasteiger partial charge is 0.476 e. The number of piperidine rings is 1. The van der Waals surface area contributed by atoms with Crippen LogP contribution in [-0.4, -0.2) is 34.2 Å². The van der Waals surface area contributed by atoms with Crippen LogP contribution in [0.2, 0.25) is 0 Å². The lowest BCUT2D eigenvalue weighted by Gasteiger charge is -2.29. The van der Waals surface area contributed by atoms with Gasteiger partial charge >= 0.3 is 5.97 Å². The third-order valence-electron chi connectivity index (χ3n) is 7.62. The molecular formula is C23H27ClNO2+. The number of nitrogens with zero attached hydrogens (tertiary/aromatic N) is 1. The van der Waals surface area contributed by atoms with E-state index < -0.39 is 17.0 Å². The van der Waals surface area contributed by atoms with Gasteiger partial charge in [-0.3, -0.25) is 4.48 Å². The summed E-state index contributed by atoms with van der Waals surface area (Å²) in [4.78, 5) is 12.9. The maximum atomic E-state index is 12.9. The van der Waals surface area contributed by atoms with Gasteiger partial charge in [-0.05, 0) is 43.7 Å². The summed E-state index contributed by atoms with van der Waals surface area (Å²) in [5.41, 5.74) is 4.09. The monoisotopic (exact) mass is 384 g/mol. The summed E-state index contributed by atoms with van der Waals surface area (Å²) in [7, 11) is 0. The van der Waals surface area contributed by atoms with Crippen molar-refractivity contribution in [2.24, 2.45) is 0 Å². The minimum atomic E-state index is -0.712. The number of quaternary nitrogens is 1. The van der Waals surface area contributed by atoms with Crippen molar-refractivity contribution in [1.82, 2.24) is 0 Å². The van der Waals surface area contributed by atoms with Crippen molar-refractivity contribution < 1.29 is 14.4 Å². The van der Waals surface area contributed by atoms with Gasteiger partial charge in [-0.2, -0.15) is 0 Å². The molecule has 27 heavy (non-hydrogen) atoms. The fourth-order valence-corrected chi connectivity index (χ4v) is 6.81. The van der Waals surface area contributed by atoms with Gasteiger partial charge in [-0.15, -0.1) is 12.4 Å². The Morgan fingerprint density at radius 3 is 2.04 bits per heavy atom. The Balaban J connectivity index is 0.00000180. The third kappa shape index (κ3) is 1.85. The lowest BCUT2D eigenvalue weighted by molar-refractivity contribution is -0.853. The molecule has 2 fully saturated rings. The number of hydrogen-bond acceptors (Lipinski definition) is 1. The highest BCUT2D eigenvalue weighted by molar-refractivity contribution is 5.86. The van der Waals surface area contributed by atoms with Gasteiger partial charge in [0, 0.05) is 17.5 Å². The Bertz CT molecular complexity index is 863. The fraction of sp³-hybridized carbons (Fsp3) is 0.435. The second kappa shape index (κ2) is 6.08. The first kappa shape index (κ1) is 18.5. The molecule has 0 aromatic heterocycles. The van der Waals surface area contributed by atoms with E-state index in [2.05, 4.69) is 55.5 Å². The SMILES string of the molecule is CC[N@+]12CCCCC1(C(=O)O)C21c2ccccc2CCc2ccccc21.Cl. The summed E-state index contributed by atoms with van der Waals surface area (Å²) >= 11 is 0. The number of hydrogen-bond donors (Lipinski definition) is 1. The molecule has 1 spiro atoms. The number of aliphatic carboxylic acids is 1. The topological polar surface area (TPSA) is 37.3 Å². The first-order valence-corrected chi connectivity index (χ1v) is 9.93. The number of carboxylic acids is 1. The molecule has 1 unspecified atom stereocenters. The second-order valence-electron chi connectivity index (χ2n) is 8.15. The Morgan fingerprint density at radius 2 is 1.56 bits per heavy atom. The van der Waals surface area contributed by atoms with E-state index in [4.69, 9.17) is 0 Å². The first-order chi connectivity index (χ1) is 12.7. The summed E-state index contributed by atoms with van der Waals surface area (Å²) < 4.78 is 0.698. The molecule has 4 heteroatoms. The predicted molar refractivity (Wildman–Crippen MR) is 108 cm³/mol. The van der Waals surface area contributed by atoms with Gasteiger partial charge in [-0.25, -0.2) is 4.79 Å². The van der Waals surface area contributed by atoms with E-state index in [0.29, 0.717) is 4.48 Å². The highest BCUT2D eigenvalue weighted by atomic mass is 35.5. The van der Waals surface area contributed by atoms with Crippen LogP contribution < -0.4 is 0 Å². The molecule has 3 aliphatic rings. The van der Waals surface area contributed by atoms with Gasteiger partial charge < -0.3 is 5.11 Å².